The van der Waals surface area contributed by atoms with Crippen LogP contribution in [0.3, 0.4) is 0 Å². The number of carbonyl (C=O) groups excluding carboxylic acids is 2. The lowest BCUT2D eigenvalue weighted by Crippen LogP contribution is -2.39. The molecule has 0 aromatic carbocycles. The lowest BCUT2D eigenvalue weighted by atomic mass is 9.96. The van der Waals surface area contributed by atoms with E-state index in [0.29, 0.717) is 12.8 Å². The fraction of sp³-hybridized carbons (Fsp3) is 0.556. The van der Waals surface area contributed by atoms with Gasteiger partial charge in [-0.15, -0.1) is 0 Å². The Kier molecular flexibility index (Phi) is 3.24. The molecule has 0 spiro atoms. The monoisotopic (exact) mass is 198 g/mol. The summed E-state index contributed by atoms with van der Waals surface area (Å²) >= 11 is 0. The van der Waals surface area contributed by atoms with Crippen molar-refractivity contribution in [3.63, 3.8) is 0 Å². The number of hydrogen-bond acceptors (Lipinski definition) is 4. The third kappa shape index (κ3) is 1.93. The highest BCUT2D eigenvalue weighted by Crippen LogP contribution is 2.35. The number of allylic oxidation sites excluding steroid dienone is 1. The smallest absolute Gasteiger partial charge is 0.309 e. The van der Waals surface area contributed by atoms with Gasteiger partial charge in [-0.1, -0.05) is 12.2 Å². The summed E-state index contributed by atoms with van der Waals surface area (Å²) in [4.78, 5) is 22.6. The van der Waals surface area contributed by atoms with E-state index in [2.05, 4.69) is 11.3 Å². The molecule has 0 unspecified atom stereocenters. The van der Waals surface area contributed by atoms with Crippen molar-refractivity contribution >= 4 is 11.9 Å². The van der Waals surface area contributed by atoms with Crippen LogP contribution in [0.2, 0.25) is 0 Å². The molecule has 5 nitrogen and oxygen atoms in total. The van der Waals surface area contributed by atoms with Crippen LogP contribution < -0.4 is 11.3 Å². The first kappa shape index (κ1) is 10.7. The molecule has 0 radical (unpaired) electrons. The second-order valence-electron chi connectivity index (χ2n) is 3.40. The molecule has 1 saturated carbocycles. The molecule has 1 aliphatic carbocycles. The molecule has 0 aromatic heterocycles. The van der Waals surface area contributed by atoms with Crippen molar-refractivity contribution in [2.45, 2.75) is 12.8 Å². The van der Waals surface area contributed by atoms with Gasteiger partial charge in [-0.3, -0.25) is 15.0 Å². The molecule has 3 N–H and O–H groups in total. The average molecular weight is 198 g/mol. The van der Waals surface area contributed by atoms with Gasteiger partial charge in [0.15, 0.2) is 0 Å². The van der Waals surface area contributed by atoms with Gasteiger partial charge in [-0.05, 0) is 12.8 Å². The molecule has 0 saturated heterocycles. The molecule has 0 heterocycles. The maximum atomic E-state index is 11.3. The Balaban J connectivity index is 2.77. The summed E-state index contributed by atoms with van der Waals surface area (Å²) in [6, 6.07) is 0. The van der Waals surface area contributed by atoms with Crippen molar-refractivity contribution < 1.29 is 14.3 Å². The van der Waals surface area contributed by atoms with Gasteiger partial charge in [0.05, 0.1) is 18.9 Å². The lowest BCUT2D eigenvalue weighted by molar-refractivity contribution is -0.149. The number of ether oxygens (including phenoxy) is 1. The van der Waals surface area contributed by atoms with Crippen molar-refractivity contribution in [3.05, 3.63) is 12.2 Å². The van der Waals surface area contributed by atoms with Gasteiger partial charge in [0.2, 0.25) is 5.91 Å². The van der Waals surface area contributed by atoms with E-state index in [1.165, 1.54) is 7.11 Å². The van der Waals surface area contributed by atoms with Crippen LogP contribution in [-0.4, -0.2) is 19.0 Å². The molecule has 5 heteroatoms. The van der Waals surface area contributed by atoms with Crippen LogP contribution in [0.4, 0.5) is 0 Å². The van der Waals surface area contributed by atoms with Crippen molar-refractivity contribution in [3.8, 4) is 0 Å². The van der Waals surface area contributed by atoms with Crippen LogP contribution >= 0.6 is 0 Å². The van der Waals surface area contributed by atoms with Crippen molar-refractivity contribution in [2.75, 3.05) is 7.11 Å². The van der Waals surface area contributed by atoms with E-state index >= 15 is 0 Å². The summed E-state index contributed by atoms with van der Waals surface area (Å²) in [7, 11) is 1.31. The summed E-state index contributed by atoms with van der Waals surface area (Å²) in [6.45, 7) is 3.76. The normalized spacial score (nSPS) is 26.0. The number of hydrazine groups is 1. The van der Waals surface area contributed by atoms with E-state index in [-0.39, 0.29) is 11.9 Å². The van der Waals surface area contributed by atoms with Crippen molar-refractivity contribution in [2.24, 2.45) is 17.7 Å². The molecule has 1 aliphatic rings. The van der Waals surface area contributed by atoms with Crippen LogP contribution in [-0.2, 0) is 14.3 Å². The van der Waals surface area contributed by atoms with Gasteiger partial charge in [0.25, 0.3) is 0 Å². The minimum Gasteiger partial charge on any atom is -0.469 e. The van der Waals surface area contributed by atoms with Crippen LogP contribution in [0, 0.1) is 11.8 Å². The Bertz CT molecular complexity index is 249. The van der Waals surface area contributed by atoms with Crippen LogP contribution in [0.15, 0.2) is 12.2 Å². The fourth-order valence-corrected chi connectivity index (χ4v) is 1.77. The zero-order valence-corrected chi connectivity index (χ0v) is 8.08. The molecule has 0 aliphatic heterocycles. The average Bonchev–Trinajstić information content (AvgIpc) is 2.58. The van der Waals surface area contributed by atoms with Gasteiger partial charge in [-0.25, -0.2) is 5.84 Å². The molecular formula is C9H14N2O3. The largest absolute Gasteiger partial charge is 0.469 e. The molecule has 0 bridgehead atoms. The molecule has 0 aromatic rings. The van der Waals surface area contributed by atoms with E-state index < -0.39 is 11.8 Å². The second-order valence-corrected chi connectivity index (χ2v) is 3.40. The highest BCUT2D eigenvalue weighted by molar-refractivity contribution is 5.86. The quantitative estimate of drug-likeness (QED) is 0.210. The number of carbonyl (C=O) groups is 2. The maximum absolute atomic E-state index is 11.3. The van der Waals surface area contributed by atoms with Crippen LogP contribution in [0.25, 0.3) is 0 Å². The number of methoxy groups -OCH3 is 1. The van der Waals surface area contributed by atoms with E-state index in [9.17, 15) is 9.59 Å². The van der Waals surface area contributed by atoms with E-state index in [0.717, 1.165) is 5.57 Å². The molecule has 1 amide bonds. The molecule has 78 valence electrons. The van der Waals surface area contributed by atoms with Gasteiger partial charge in [0, 0.05) is 0 Å². The number of nitrogens with one attached hydrogen (secondary N) is 1. The number of esters is 1. The molecular weight excluding hydrogens is 184 g/mol. The van der Waals surface area contributed by atoms with Crippen molar-refractivity contribution in [1.29, 1.82) is 0 Å². The predicted octanol–water partition coefficient (Wildman–Crippen LogP) is -0.268. The van der Waals surface area contributed by atoms with Gasteiger partial charge in [-0.2, -0.15) is 0 Å². The molecule has 14 heavy (non-hydrogen) atoms. The number of hydrogen-bond donors (Lipinski definition) is 2. The zero-order valence-electron chi connectivity index (χ0n) is 8.08. The standard InChI is InChI=1S/C9H14N2O3/c1-5-3-6(8(12)11-10)7(4-5)9(13)14-2/h6-7H,1,3-4,10H2,2H3,(H,11,12)/t6-,7-/m0/s1. The maximum Gasteiger partial charge on any atom is 0.309 e. The Labute approximate surface area is 82.3 Å². The summed E-state index contributed by atoms with van der Waals surface area (Å²) in [5, 5.41) is 0. The highest BCUT2D eigenvalue weighted by Gasteiger charge is 2.39. The number of amides is 1. The third-order valence-electron chi connectivity index (χ3n) is 2.49. The Hall–Kier alpha value is -1.36. The number of nitrogens with two attached hydrogens (primary N) is 1. The third-order valence-corrected chi connectivity index (χ3v) is 2.49. The van der Waals surface area contributed by atoms with Gasteiger partial charge >= 0.3 is 5.97 Å². The van der Waals surface area contributed by atoms with Crippen LogP contribution in [0.1, 0.15) is 12.8 Å². The van der Waals surface area contributed by atoms with E-state index in [1.54, 1.807) is 0 Å². The SMILES string of the molecule is C=C1C[C@H](C(=O)NN)[C@@H](C(=O)OC)C1. The first-order chi connectivity index (χ1) is 6.60. The summed E-state index contributed by atoms with van der Waals surface area (Å²) < 4.78 is 4.61. The molecule has 1 rings (SSSR count). The minimum absolute atomic E-state index is 0.334. The fourth-order valence-electron chi connectivity index (χ4n) is 1.77. The van der Waals surface area contributed by atoms with E-state index in [4.69, 9.17) is 5.84 Å². The molecule has 2 atom stereocenters. The summed E-state index contributed by atoms with van der Waals surface area (Å²) in [5.41, 5.74) is 2.93. The van der Waals surface area contributed by atoms with E-state index in [1.807, 2.05) is 5.43 Å². The highest BCUT2D eigenvalue weighted by atomic mass is 16.5. The minimum atomic E-state index is -0.434. The number of rotatable bonds is 2. The first-order valence-corrected chi connectivity index (χ1v) is 4.35. The zero-order chi connectivity index (χ0) is 10.7. The van der Waals surface area contributed by atoms with Gasteiger partial charge < -0.3 is 4.74 Å². The molecule has 1 fully saturated rings. The second kappa shape index (κ2) is 4.23. The summed E-state index contributed by atoms with van der Waals surface area (Å²) in [5.74, 6) is 3.44. The first-order valence-electron chi connectivity index (χ1n) is 4.35. The predicted molar refractivity (Wildman–Crippen MR) is 49.7 cm³/mol. The Morgan fingerprint density at radius 1 is 1.50 bits per heavy atom. The van der Waals surface area contributed by atoms with Crippen LogP contribution in [0.5, 0.6) is 0 Å². The van der Waals surface area contributed by atoms with Crippen molar-refractivity contribution in [1.82, 2.24) is 5.43 Å². The topological polar surface area (TPSA) is 81.4 Å². The summed E-state index contributed by atoms with van der Waals surface area (Å²) in [6.07, 6.45) is 1.01. The lowest BCUT2D eigenvalue weighted by Gasteiger charge is -2.14. The Morgan fingerprint density at radius 2 is 2.07 bits per heavy atom. The Morgan fingerprint density at radius 3 is 2.57 bits per heavy atom. The van der Waals surface area contributed by atoms with Gasteiger partial charge in [0.1, 0.15) is 0 Å².